The maximum Gasteiger partial charge on any atom is 0.191 e. The van der Waals surface area contributed by atoms with Crippen LogP contribution in [0.15, 0.2) is 41.4 Å². The Balaban J connectivity index is 0.00000288. The second-order valence-electron chi connectivity index (χ2n) is 5.08. The number of nitrogens with one attached hydrogen (secondary N) is 2. The van der Waals surface area contributed by atoms with Crippen LogP contribution in [-0.2, 0) is 19.5 Å². The highest BCUT2D eigenvalue weighted by atomic mass is 127. The van der Waals surface area contributed by atoms with E-state index in [1.165, 1.54) is 9.75 Å². The number of thiophene rings is 1. The number of hydrogen-bond donors (Lipinski definition) is 2. The monoisotopic (exact) mass is 459 g/mol. The summed E-state index contributed by atoms with van der Waals surface area (Å²) in [6.45, 7) is 6.47. The molecule has 0 aliphatic rings. The Labute approximate surface area is 165 Å². The Hall–Kier alpha value is -1.28. The first-order valence-electron chi connectivity index (χ1n) is 7.98. The van der Waals surface area contributed by atoms with Crippen LogP contribution in [-0.4, -0.2) is 19.6 Å². The zero-order chi connectivity index (χ0) is 16.5. The van der Waals surface area contributed by atoms with E-state index in [2.05, 4.69) is 41.6 Å². The number of benzene rings is 1. The number of halogens is 1. The molecule has 0 aliphatic carbocycles. The fraction of sp³-hybridized carbons (Fsp3) is 0.389. The molecule has 2 aromatic rings. The van der Waals surface area contributed by atoms with Crippen molar-refractivity contribution in [2.45, 2.75) is 33.4 Å². The molecule has 1 heterocycles. The first-order valence-corrected chi connectivity index (χ1v) is 8.80. The van der Waals surface area contributed by atoms with Crippen molar-refractivity contribution in [3.05, 3.63) is 51.7 Å². The Morgan fingerprint density at radius 2 is 1.83 bits per heavy atom. The number of guanidine groups is 1. The van der Waals surface area contributed by atoms with Gasteiger partial charge in [-0.1, -0.05) is 25.1 Å². The lowest BCUT2D eigenvalue weighted by Crippen LogP contribution is -2.36. The van der Waals surface area contributed by atoms with Gasteiger partial charge in [0, 0.05) is 21.9 Å². The molecule has 0 saturated carbocycles. The van der Waals surface area contributed by atoms with Crippen molar-refractivity contribution >= 4 is 41.3 Å². The van der Waals surface area contributed by atoms with Gasteiger partial charge < -0.3 is 15.4 Å². The predicted octanol–water partition coefficient (Wildman–Crippen LogP) is 4.19. The molecular formula is C18H26IN3OS. The molecule has 4 nitrogen and oxygen atoms in total. The first kappa shape index (κ1) is 20.8. The highest BCUT2D eigenvalue weighted by Gasteiger charge is 2.03. The van der Waals surface area contributed by atoms with Gasteiger partial charge in [-0.15, -0.1) is 35.3 Å². The molecule has 0 saturated heterocycles. The summed E-state index contributed by atoms with van der Waals surface area (Å²) >= 11 is 1.85. The SMILES string of the molecule is CCNC(=NCc1ccccc1OC)NCc1ccc(CC)s1.I. The molecule has 0 atom stereocenters. The molecule has 1 aromatic heterocycles. The van der Waals surface area contributed by atoms with Gasteiger partial charge in [0.05, 0.1) is 20.2 Å². The number of rotatable bonds is 7. The number of methoxy groups -OCH3 is 1. The molecule has 0 radical (unpaired) electrons. The van der Waals surface area contributed by atoms with E-state index in [0.717, 1.165) is 36.8 Å². The fourth-order valence-electron chi connectivity index (χ4n) is 2.22. The lowest BCUT2D eigenvalue weighted by Gasteiger charge is -2.11. The number of nitrogens with zero attached hydrogens (tertiary/aromatic N) is 1. The molecule has 2 N–H and O–H groups in total. The van der Waals surface area contributed by atoms with Crippen molar-refractivity contribution in [2.24, 2.45) is 4.99 Å². The second-order valence-corrected chi connectivity index (χ2v) is 6.34. The maximum atomic E-state index is 5.37. The minimum Gasteiger partial charge on any atom is -0.496 e. The van der Waals surface area contributed by atoms with Crippen LogP contribution >= 0.6 is 35.3 Å². The van der Waals surface area contributed by atoms with E-state index in [1.54, 1.807) is 7.11 Å². The summed E-state index contributed by atoms with van der Waals surface area (Å²) in [5.74, 6) is 1.70. The van der Waals surface area contributed by atoms with Crippen molar-refractivity contribution in [3.8, 4) is 5.75 Å². The topological polar surface area (TPSA) is 45.7 Å². The molecule has 1 aromatic carbocycles. The summed E-state index contributed by atoms with van der Waals surface area (Å²) in [7, 11) is 1.69. The molecule has 0 unspecified atom stereocenters. The molecule has 0 fully saturated rings. The smallest absolute Gasteiger partial charge is 0.191 e. The minimum atomic E-state index is 0. The van der Waals surface area contributed by atoms with Gasteiger partial charge in [-0.25, -0.2) is 4.99 Å². The van der Waals surface area contributed by atoms with Crippen LogP contribution in [0.5, 0.6) is 5.75 Å². The highest BCUT2D eigenvalue weighted by molar-refractivity contribution is 14.0. The van der Waals surface area contributed by atoms with E-state index in [1.807, 2.05) is 35.6 Å². The van der Waals surface area contributed by atoms with Crippen molar-refractivity contribution in [3.63, 3.8) is 0 Å². The van der Waals surface area contributed by atoms with E-state index in [-0.39, 0.29) is 24.0 Å². The molecule has 0 bridgehead atoms. The fourth-order valence-corrected chi connectivity index (χ4v) is 3.12. The maximum absolute atomic E-state index is 5.37. The summed E-state index contributed by atoms with van der Waals surface area (Å²) in [6.07, 6.45) is 1.09. The molecule has 0 spiro atoms. The van der Waals surface area contributed by atoms with Gasteiger partial charge >= 0.3 is 0 Å². The normalized spacial score (nSPS) is 10.9. The second kappa shape index (κ2) is 11.3. The zero-order valence-electron chi connectivity index (χ0n) is 14.5. The lowest BCUT2D eigenvalue weighted by molar-refractivity contribution is 0.410. The van der Waals surface area contributed by atoms with E-state index in [0.29, 0.717) is 6.54 Å². The van der Waals surface area contributed by atoms with Crippen LogP contribution in [0, 0.1) is 0 Å². The highest BCUT2D eigenvalue weighted by Crippen LogP contribution is 2.18. The third-order valence-electron chi connectivity index (χ3n) is 3.44. The van der Waals surface area contributed by atoms with Crippen molar-refractivity contribution in [2.75, 3.05) is 13.7 Å². The molecule has 2 rings (SSSR count). The molecule has 6 heteroatoms. The number of aryl methyl sites for hydroxylation is 1. The summed E-state index contributed by atoms with van der Waals surface area (Å²) in [6, 6.07) is 12.4. The van der Waals surface area contributed by atoms with Gasteiger partial charge in [-0.05, 0) is 31.5 Å². The Morgan fingerprint density at radius 1 is 1.08 bits per heavy atom. The van der Waals surface area contributed by atoms with Crippen molar-refractivity contribution in [1.82, 2.24) is 10.6 Å². The lowest BCUT2D eigenvalue weighted by atomic mass is 10.2. The Morgan fingerprint density at radius 3 is 2.50 bits per heavy atom. The largest absolute Gasteiger partial charge is 0.496 e. The average molecular weight is 459 g/mol. The Bertz CT molecular complexity index is 643. The van der Waals surface area contributed by atoms with E-state index < -0.39 is 0 Å². The van der Waals surface area contributed by atoms with E-state index in [4.69, 9.17) is 4.74 Å². The zero-order valence-corrected chi connectivity index (χ0v) is 17.6. The van der Waals surface area contributed by atoms with Gasteiger partial charge in [0.25, 0.3) is 0 Å². The van der Waals surface area contributed by atoms with Gasteiger partial charge in [0.1, 0.15) is 5.75 Å². The molecule has 132 valence electrons. The number of aliphatic imine (C=N–C) groups is 1. The molecule has 24 heavy (non-hydrogen) atoms. The van der Waals surface area contributed by atoms with Crippen LogP contribution in [0.2, 0.25) is 0 Å². The summed E-state index contributed by atoms with van der Waals surface area (Å²) in [4.78, 5) is 7.39. The first-order chi connectivity index (χ1) is 11.3. The summed E-state index contributed by atoms with van der Waals surface area (Å²) < 4.78 is 5.37. The van der Waals surface area contributed by atoms with Gasteiger partial charge in [0.2, 0.25) is 0 Å². The van der Waals surface area contributed by atoms with Crippen molar-refractivity contribution in [1.29, 1.82) is 0 Å². The average Bonchev–Trinajstić information content (AvgIpc) is 3.05. The standard InChI is InChI=1S/C18H25N3OS.HI/c1-4-15-10-11-16(23-15)13-21-18(19-5-2)20-12-14-8-6-7-9-17(14)22-3;/h6-11H,4-5,12-13H2,1-3H3,(H2,19,20,21);1H. The third kappa shape index (κ3) is 6.32. The minimum absolute atomic E-state index is 0. The molecular weight excluding hydrogens is 433 g/mol. The quantitative estimate of drug-likeness (QED) is 0.371. The van der Waals surface area contributed by atoms with Crippen LogP contribution in [0.3, 0.4) is 0 Å². The predicted molar refractivity (Wildman–Crippen MR) is 114 cm³/mol. The van der Waals surface area contributed by atoms with Gasteiger partial charge in [0.15, 0.2) is 5.96 Å². The summed E-state index contributed by atoms with van der Waals surface area (Å²) in [5, 5.41) is 6.67. The number of para-hydroxylation sites is 1. The van der Waals surface area contributed by atoms with Crippen LogP contribution in [0.4, 0.5) is 0 Å². The molecule has 0 aliphatic heterocycles. The molecule has 0 amide bonds. The Kier molecular flexibility index (Phi) is 9.78. The van der Waals surface area contributed by atoms with Crippen LogP contribution < -0.4 is 15.4 Å². The van der Waals surface area contributed by atoms with Crippen molar-refractivity contribution < 1.29 is 4.74 Å². The summed E-state index contributed by atoms with van der Waals surface area (Å²) in [5.41, 5.74) is 1.08. The van der Waals surface area contributed by atoms with Crippen LogP contribution in [0.1, 0.15) is 29.2 Å². The number of hydrogen-bond acceptors (Lipinski definition) is 3. The number of ether oxygens (including phenoxy) is 1. The van der Waals surface area contributed by atoms with E-state index in [9.17, 15) is 0 Å². The van der Waals surface area contributed by atoms with E-state index >= 15 is 0 Å². The van der Waals surface area contributed by atoms with Gasteiger partial charge in [-0.3, -0.25) is 0 Å². The van der Waals surface area contributed by atoms with Gasteiger partial charge in [-0.2, -0.15) is 0 Å². The third-order valence-corrected chi connectivity index (χ3v) is 4.67. The van der Waals surface area contributed by atoms with Crippen LogP contribution in [0.25, 0.3) is 0 Å².